The van der Waals surface area contributed by atoms with Gasteiger partial charge in [-0.3, -0.25) is 14.4 Å². The number of hydrogen-bond acceptors (Lipinski definition) is 6. The predicted molar refractivity (Wildman–Crippen MR) is 293 cm³/mol. The third kappa shape index (κ3) is 54.1. The van der Waals surface area contributed by atoms with E-state index in [4.69, 9.17) is 14.2 Å². The zero-order valence-corrected chi connectivity index (χ0v) is 45.1. The summed E-state index contributed by atoms with van der Waals surface area (Å²) in [5, 5.41) is 0. The van der Waals surface area contributed by atoms with Crippen LogP contribution in [-0.4, -0.2) is 37.2 Å². The lowest BCUT2D eigenvalue weighted by Gasteiger charge is -2.18. The average Bonchev–Trinajstić information content (AvgIpc) is 3.34. The molecule has 0 saturated heterocycles. The molecule has 0 radical (unpaired) electrons. The highest BCUT2D eigenvalue weighted by atomic mass is 16.6. The van der Waals surface area contributed by atoms with Gasteiger partial charge in [-0.15, -0.1) is 0 Å². The Kier molecular flexibility index (Phi) is 54.3. The Bertz CT molecular complexity index is 1230. The van der Waals surface area contributed by atoms with Gasteiger partial charge in [0.05, 0.1) is 0 Å². The van der Waals surface area contributed by atoms with Crippen LogP contribution in [0.4, 0.5) is 0 Å². The van der Waals surface area contributed by atoms with Crippen LogP contribution in [0.5, 0.6) is 0 Å². The molecule has 0 aromatic carbocycles. The van der Waals surface area contributed by atoms with Crippen LogP contribution in [0.3, 0.4) is 0 Å². The van der Waals surface area contributed by atoms with Crippen molar-refractivity contribution < 1.29 is 28.6 Å². The van der Waals surface area contributed by atoms with E-state index < -0.39 is 6.10 Å². The van der Waals surface area contributed by atoms with Gasteiger partial charge in [-0.1, -0.05) is 255 Å². The lowest BCUT2D eigenvalue weighted by atomic mass is 10.0. The van der Waals surface area contributed by atoms with Crippen LogP contribution >= 0.6 is 0 Å². The molecule has 0 bridgehead atoms. The lowest BCUT2D eigenvalue weighted by molar-refractivity contribution is -0.167. The standard InChI is InChI=1S/C62H110O6/c1-4-7-10-13-16-19-22-24-25-26-27-28-29-30-31-32-33-34-35-36-37-39-40-43-46-49-52-55-61(64)67-58-59(57-66-60(63)54-51-48-45-42-21-18-15-12-9-6-3)68-62(65)56-53-50-47-44-41-38-23-20-17-14-11-8-5-2/h7,10,16,19-20,23-25,27-28,59H,4-6,8-9,11-15,17-18,21-22,26,29-58H2,1-3H3/b10-7-,19-16-,23-20-,25-24-,28-27-. The summed E-state index contributed by atoms with van der Waals surface area (Å²) in [5.41, 5.74) is 0. The SMILES string of the molecule is CC/C=C\C/C=C\C/C=C\C/C=C\CCCCCCCCCCCCCCCCC(=O)OCC(COC(=O)CCCCCCCCCCCC)OC(=O)CCCCCCC/C=C\CCCCCC. The third-order valence-corrected chi connectivity index (χ3v) is 12.8. The second-order valence-corrected chi connectivity index (χ2v) is 19.5. The van der Waals surface area contributed by atoms with Crippen molar-refractivity contribution in [2.75, 3.05) is 13.2 Å². The topological polar surface area (TPSA) is 78.9 Å². The van der Waals surface area contributed by atoms with E-state index in [1.54, 1.807) is 0 Å². The molecule has 0 N–H and O–H groups in total. The normalized spacial score (nSPS) is 12.5. The second-order valence-electron chi connectivity index (χ2n) is 19.5. The molecule has 0 aromatic heterocycles. The molecule has 0 amide bonds. The van der Waals surface area contributed by atoms with Crippen LogP contribution in [0.25, 0.3) is 0 Å². The molecule has 1 unspecified atom stereocenters. The monoisotopic (exact) mass is 951 g/mol. The number of hydrogen-bond donors (Lipinski definition) is 0. The predicted octanol–water partition coefficient (Wildman–Crippen LogP) is 19.6. The number of ether oxygens (including phenoxy) is 3. The molecule has 0 fully saturated rings. The second kappa shape index (κ2) is 56.7. The van der Waals surface area contributed by atoms with E-state index in [2.05, 4.69) is 81.5 Å². The van der Waals surface area contributed by atoms with Gasteiger partial charge >= 0.3 is 17.9 Å². The first-order valence-corrected chi connectivity index (χ1v) is 29.3. The molecule has 0 heterocycles. The Labute approximate surface area is 421 Å². The van der Waals surface area contributed by atoms with E-state index in [0.717, 1.165) is 89.9 Å². The Morgan fingerprint density at radius 2 is 0.574 bits per heavy atom. The first kappa shape index (κ1) is 65.1. The maximum absolute atomic E-state index is 12.8. The van der Waals surface area contributed by atoms with Gasteiger partial charge in [0.15, 0.2) is 6.10 Å². The number of unbranched alkanes of at least 4 members (excludes halogenated alkanes) is 32. The van der Waals surface area contributed by atoms with Gasteiger partial charge in [-0.05, 0) is 83.5 Å². The van der Waals surface area contributed by atoms with Crippen molar-refractivity contribution >= 4 is 17.9 Å². The average molecular weight is 952 g/mol. The zero-order chi connectivity index (χ0) is 49.3. The Morgan fingerprint density at radius 1 is 0.309 bits per heavy atom. The summed E-state index contributed by atoms with van der Waals surface area (Å²) >= 11 is 0. The van der Waals surface area contributed by atoms with Crippen LogP contribution in [0.2, 0.25) is 0 Å². The van der Waals surface area contributed by atoms with Crippen LogP contribution in [0.15, 0.2) is 60.8 Å². The van der Waals surface area contributed by atoms with Gasteiger partial charge in [0.2, 0.25) is 0 Å². The van der Waals surface area contributed by atoms with E-state index in [1.165, 1.54) is 167 Å². The molecule has 0 rings (SSSR count). The van der Waals surface area contributed by atoms with Crippen LogP contribution in [0.1, 0.15) is 297 Å². The molecular weight excluding hydrogens is 841 g/mol. The van der Waals surface area contributed by atoms with Crippen molar-refractivity contribution in [3.8, 4) is 0 Å². The highest BCUT2D eigenvalue weighted by Crippen LogP contribution is 2.16. The number of carbonyl (C=O) groups is 3. The fourth-order valence-electron chi connectivity index (χ4n) is 8.37. The minimum absolute atomic E-state index is 0.0739. The first-order chi connectivity index (χ1) is 33.5. The van der Waals surface area contributed by atoms with Gasteiger partial charge in [0.1, 0.15) is 13.2 Å². The molecule has 6 nitrogen and oxygen atoms in total. The molecule has 0 aliphatic carbocycles. The van der Waals surface area contributed by atoms with Gasteiger partial charge in [-0.2, -0.15) is 0 Å². The fourth-order valence-corrected chi connectivity index (χ4v) is 8.37. The van der Waals surface area contributed by atoms with Gasteiger partial charge in [-0.25, -0.2) is 0 Å². The summed E-state index contributed by atoms with van der Waals surface area (Å²) in [6, 6.07) is 0. The van der Waals surface area contributed by atoms with Gasteiger partial charge in [0.25, 0.3) is 0 Å². The minimum atomic E-state index is -0.774. The molecule has 1 atom stereocenters. The highest BCUT2D eigenvalue weighted by molar-refractivity contribution is 5.71. The summed E-state index contributed by atoms with van der Waals surface area (Å²) < 4.78 is 16.8. The van der Waals surface area contributed by atoms with Crippen molar-refractivity contribution in [3.63, 3.8) is 0 Å². The Morgan fingerprint density at radius 3 is 0.926 bits per heavy atom. The maximum atomic E-state index is 12.8. The molecule has 0 aromatic rings. The molecule has 0 aliphatic rings. The van der Waals surface area contributed by atoms with Crippen molar-refractivity contribution in [1.29, 1.82) is 0 Å². The number of allylic oxidation sites excluding steroid dienone is 10. The summed E-state index contributed by atoms with van der Waals surface area (Å²) in [7, 11) is 0. The van der Waals surface area contributed by atoms with Gasteiger partial charge < -0.3 is 14.2 Å². The largest absolute Gasteiger partial charge is 0.462 e. The van der Waals surface area contributed by atoms with E-state index in [1.807, 2.05) is 0 Å². The van der Waals surface area contributed by atoms with E-state index in [0.29, 0.717) is 19.3 Å². The lowest BCUT2D eigenvalue weighted by Crippen LogP contribution is -2.30. The summed E-state index contributed by atoms with van der Waals surface area (Å²) in [6.45, 7) is 6.52. The summed E-state index contributed by atoms with van der Waals surface area (Å²) in [6.07, 6.45) is 70.8. The molecule has 6 heteroatoms. The number of carbonyl (C=O) groups excluding carboxylic acids is 3. The molecule has 0 saturated carbocycles. The van der Waals surface area contributed by atoms with Crippen molar-refractivity contribution in [2.24, 2.45) is 0 Å². The van der Waals surface area contributed by atoms with E-state index in [-0.39, 0.29) is 31.1 Å². The minimum Gasteiger partial charge on any atom is -0.462 e. The smallest absolute Gasteiger partial charge is 0.306 e. The quantitative estimate of drug-likeness (QED) is 0.0262. The van der Waals surface area contributed by atoms with E-state index >= 15 is 0 Å². The molecule has 68 heavy (non-hydrogen) atoms. The molecule has 0 aliphatic heterocycles. The molecule has 394 valence electrons. The van der Waals surface area contributed by atoms with Crippen LogP contribution in [-0.2, 0) is 28.6 Å². The fraction of sp³-hybridized carbons (Fsp3) is 0.790. The maximum Gasteiger partial charge on any atom is 0.306 e. The first-order valence-electron chi connectivity index (χ1n) is 29.3. The molecular formula is C62H110O6. The summed E-state index contributed by atoms with van der Waals surface area (Å²) in [4.78, 5) is 38.0. The van der Waals surface area contributed by atoms with Crippen molar-refractivity contribution in [2.45, 2.75) is 303 Å². The van der Waals surface area contributed by atoms with Gasteiger partial charge in [0, 0.05) is 19.3 Å². The summed E-state index contributed by atoms with van der Waals surface area (Å²) in [5.74, 6) is -0.874. The third-order valence-electron chi connectivity index (χ3n) is 12.8. The zero-order valence-electron chi connectivity index (χ0n) is 45.1. The number of rotatable bonds is 53. The van der Waals surface area contributed by atoms with E-state index in [9.17, 15) is 14.4 Å². The van der Waals surface area contributed by atoms with Crippen LogP contribution < -0.4 is 0 Å². The van der Waals surface area contributed by atoms with Crippen LogP contribution in [0, 0.1) is 0 Å². The highest BCUT2D eigenvalue weighted by Gasteiger charge is 2.19. The number of esters is 3. The van der Waals surface area contributed by atoms with Crippen molar-refractivity contribution in [3.05, 3.63) is 60.8 Å². The Hall–Kier alpha value is -2.89. The van der Waals surface area contributed by atoms with Crippen molar-refractivity contribution in [1.82, 2.24) is 0 Å². The Balaban J connectivity index is 4.16. The molecule has 0 spiro atoms.